The molecule has 1 atom stereocenters. The molecule has 0 fully saturated rings. The van der Waals surface area contributed by atoms with Gasteiger partial charge in [0.25, 0.3) is 5.91 Å². The highest BCUT2D eigenvalue weighted by atomic mass is 19.4. The van der Waals surface area contributed by atoms with Crippen molar-refractivity contribution in [2.75, 3.05) is 17.2 Å². The summed E-state index contributed by atoms with van der Waals surface area (Å²) in [5.74, 6) is -0.128. The number of nitrogens with zero attached hydrogens (tertiary/aromatic N) is 3. The fraction of sp³-hybridized carbons (Fsp3) is 0.267. The molecule has 3 rings (SSSR count). The lowest BCUT2D eigenvalue weighted by atomic mass is 10.1. The highest BCUT2D eigenvalue weighted by molar-refractivity contribution is 5.98. The summed E-state index contributed by atoms with van der Waals surface area (Å²) in [6.07, 6.45) is -3.56. The first kappa shape index (κ1) is 16.0. The molecule has 1 aliphatic heterocycles. The third-order valence-corrected chi connectivity index (χ3v) is 3.59. The maximum Gasteiger partial charge on any atom is 0.433 e. The Bertz CT molecular complexity index is 795. The molecule has 2 heterocycles. The van der Waals surface area contributed by atoms with Crippen LogP contribution in [0.5, 0.6) is 5.75 Å². The zero-order valence-corrected chi connectivity index (χ0v) is 12.5. The first-order chi connectivity index (χ1) is 11.3. The van der Waals surface area contributed by atoms with E-state index in [1.807, 2.05) is 0 Å². The summed E-state index contributed by atoms with van der Waals surface area (Å²) < 4.78 is 43.8. The molecule has 0 saturated heterocycles. The van der Waals surface area contributed by atoms with Crippen LogP contribution in [0.4, 0.5) is 24.5 Å². The van der Waals surface area contributed by atoms with Gasteiger partial charge in [0.2, 0.25) is 0 Å². The van der Waals surface area contributed by atoms with E-state index in [1.54, 1.807) is 25.1 Å². The molecule has 2 N–H and O–H groups in total. The summed E-state index contributed by atoms with van der Waals surface area (Å²) in [7, 11) is 0. The second kappa shape index (κ2) is 5.66. The van der Waals surface area contributed by atoms with Gasteiger partial charge in [0.1, 0.15) is 11.4 Å². The lowest BCUT2D eigenvalue weighted by Crippen LogP contribution is -2.41. The number of benzene rings is 1. The number of aromatic nitrogens is 2. The van der Waals surface area contributed by atoms with Gasteiger partial charge in [-0.15, -0.1) is 0 Å². The van der Waals surface area contributed by atoms with E-state index in [1.165, 1.54) is 4.90 Å². The quantitative estimate of drug-likeness (QED) is 0.851. The number of ether oxygens (including phenoxy) is 1. The molecule has 24 heavy (non-hydrogen) atoms. The van der Waals surface area contributed by atoms with Gasteiger partial charge >= 0.3 is 6.18 Å². The van der Waals surface area contributed by atoms with Crippen LogP contribution in [0.15, 0.2) is 30.5 Å². The molecule has 0 aliphatic carbocycles. The fourth-order valence-corrected chi connectivity index (χ4v) is 2.46. The van der Waals surface area contributed by atoms with Crippen LogP contribution in [-0.2, 0) is 11.0 Å². The fourth-order valence-electron chi connectivity index (χ4n) is 2.46. The molecular formula is C15H13F3N4O2. The van der Waals surface area contributed by atoms with E-state index in [9.17, 15) is 18.0 Å². The molecule has 9 heteroatoms. The van der Waals surface area contributed by atoms with E-state index in [0.29, 0.717) is 17.1 Å². The number of halogens is 3. The van der Waals surface area contributed by atoms with Crippen molar-refractivity contribution in [3.05, 3.63) is 42.0 Å². The standard InChI is InChI=1S/C15H13F3N4O2/c1-8(14-20-5-4-12(21-14)15(16,17)18)22-10-3-2-9(19)6-11(10)24-7-13(22)23/h2-6,8H,7,19H2,1H3. The Kier molecular flexibility index (Phi) is 3.78. The minimum atomic E-state index is -4.58. The van der Waals surface area contributed by atoms with Gasteiger partial charge in [0, 0.05) is 18.0 Å². The van der Waals surface area contributed by atoms with Crippen molar-refractivity contribution in [2.24, 2.45) is 0 Å². The second-order valence-electron chi connectivity index (χ2n) is 5.25. The molecule has 1 aromatic carbocycles. The van der Waals surface area contributed by atoms with Crippen molar-refractivity contribution in [3.8, 4) is 5.75 Å². The zero-order chi connectivity index (χ0) is 17.5. The number of fused-ring (bicyclic) bond motifs is 1. The summed E-state index contributed by atoms with van der Waals surface area (Å²) in [4.78, 5) is 21.0. The summed E-state index contributed by atoms with van der Waals surface area (Å²) in [5.41, 5.74) is 5.49. The van der Waals surface area contributed by atoms with E-state index in [2.05, 4.69) is 9.97 Å². The van der Waals surface area contributed by atoms with Crippen LogP contribution >= 0.6 is 0 Å². The molecule has 0 saturated carbocycles. The normalized spacial score (nSPS) is 15.7. The van der Waals surface area contributed by atoms with Crippen molar-refractivity contribution in [3.63, 3.8) is 0 Å². The summed E-state index contributed by atoms with van der Waals surface area (Å²) in [6.45, 7) is 1.32. The Morgan fingerprint density at radius 2 is 2.08 bits per heavy atom. The van der Waals surface area contributed by atoms with E-state index in [4.69, 9.17) is 10.5 Å². The third kappa shape index (κ3) is 2.84. The Labute approximate surface area is 135 Å². The van der Waals surface area contributed by atoms with Gasteiger partial charge in [0.05, 0.1) is 11.7 Å². The van der Waals surface area contributed by atoms with Crippen molar-refractivity contribution >= 4 is 17.3 Å². The molecule has 1 amide bonds. The minimum absolute atomic E-state index is 0.108. The average Bonchev–Trinajstić information content (AvgIpc) is 2.54. The largest absolute Gasteiger partial charge is 0.481 e. The number of alkyl halides is 3. The van der Waals surface area contributed by atoms with Gasteiger partial charge in [-0.2, -0.15) is 13.2 Å². The predicted molar refractivity (Wildman–Crippen MR) is 79.3 cm³/mol. The molecule has 1 unspecified atom stereocenters. The van der Waals surface area contributed by atoms with Gasteiger partial charge < -0.3 is 10.5 Å². The minimum Gasteiger partial charge on any atom is -0.481 e. The highest BCUT2D eigenvalue weighted by Gasteiger charge is 2.35. The lowest BCUT2D eigenvalue weighted by Gasteiger charge is -2.33. The third-order valence-electron chi connectivity index (χ3n) is 3.59. The molecule has 2 aromatic rings. The number of carbonyl (C=O) groups is 1. The van der Waals surface area contributed by atoms with Crippen LogP contribution < -0.4 is 15.4 Å². The number of amides is 1. The summed E-state index contributed by atoms with van der Waals surface area (Å²) in [6, 6.07) is 4.69. The number of hydrogen-bond donors (Lipinski definition) is 1. The van der Waals surface area contributed by atoms with Crippen LogP contribution in [0.25, 0.3) is 0 Å². The summed E-state index contributed by atoms with van der Waals surface area (Å²) in [5, 5.41) is 0. The Balaban J connectivity index is 2.01. The van der Waals surface area contributed by atoms with Crippen molar-refractivity contribution in [1.82, 2.24) is 9.97 Å². The van der Waals surface area contributed by atoms with Gasteiger partial charge in [0.15, 0.2) is 12.4 Å². The second-order valence-corrected chi connectivity index (χ2v) is 5.25. The topological polar surface area (TPSA) is 81.3 Å². The monoisotopic (exact) mass is 338 g/mol. The van der Waals surface area contributed by atoms with E-state index in [0.717, 1.165) is 12.3 Å². The number of carbonyl (C=O) groups excluding carboxylic acids is 1. The van der Waals surface area contributed by atoms with Crippen LogP contribution in [0.1, 0.15) is 24.5 Å². The van der Waals surface area contributed by atoms with Crippen LogP contribution in [0, 0.1) is 0 Å². The van der Waals surface area contributed by atoms with Crippen LogP contribution in [0.2, 0.25) is 0 Å². The molecule has 6 nitrogen and oxygen atoms in total. The number of anilines is 2. The van der Waals surface area contributed by atoms with E-state index < -0.39 is 23.8 Å². The van der Waals surface area contributed by atoms with Crippen molar-refractivity contribution in [2.45, 2.75) is 19.1 Å². The Hall–Kier alpha value is -2.84. The van der Waals surface area contributed by atoms with Crippen molar-refractivity contribution in [1.29, 1.82) is 0 Å². The van der Waals surface area contributed by atoms with E-state index >= 15 is 0 Å². The van der Waals surface area contributed by atoms with Crippen LogP contribution in [0.3, 0.4) is 0 Å². The van der Waals surface area contributed by atoms with E-state index in [-0.39, 0.29) is 12.4 Å². The smallest absolute Gasteiger partial charge is 0.433 e. The average molecular weight is 338 g/mol. The van der Waals surface area contributed by atoms with Gasteiger partial charge in [-0.1, -0.05) is 0 Å². The molecule has 0 spiro atoms. The lowest BCUT2D eigenvalue weighted by molar-refractivity contribution is -0.141. The Morgan fingerprint density at radius 1 is 1.33 bits per heavy atom. The van der Waals surface area contributed by atoms with Gasteiger partial charge in [-0.3, -0.25) is 9.69 Å². The first-order valence-electron chi connectivity index (χ1n) is 7.02. The number of hydrogen-bond acceptors (Lipinski definition) is 5. The van der Waals surface area contributed by atoms with Gasteiger partial charge in [-0.25, -0.2) is 9.97 Å². The first-order valence-corrected chi connectivity index (χ1v) is 7.02. The molecule has 126 valence electrons. The van der Waals surface area contributed by atoms with Crippen molar-refractivity contribution < 1.29 is 22.7 Å². The number of nitrogens with two attached hydrogens (primary N) is 1. The molecule has 1 aromatic heterocycles. The maximum atomic E-state index is 12.8. The predicted octanol–water partition coefficient (Wildman–Crippen LogP) is 2.56. The SMILES string of the molecule is CC(c1nccc(C(F)(F)F)n1)N1C(=O)COc2cc(N)ccc21. The number of nitrogen functional groups attached to an aromatic ring is 1. The molecular weight excluding hydrogens is 325 g/mol. The zero-order valence-electron chi connectivity index (χ0n) is 12.5. The van der Waals surface area contributed by atoms with Gasteiger partial charge in [-0.05, 0) is 25.1 Å². The highest BCUT2D eigenvalue weighted by Crippen LogP contribution is 2.38. The van der Waals surface area contributed by atoms with Crippen LogP contribution in [-0.4, -0.2) is 22.5 Å². The molecule has 0 radical (unpaired) electrons. The Morgan fingerprint density at radius 3 is 2.79 bits per heavy atom. The number of rotatable bonds is 2. The maximum absolute atomic E-state index is 12.8. The summed E-state index contributed by atoms with van der Waals surface area (Å²) >= 11 is 0. The molecule has 1 aliphatic rings. The molecule has 0 bridgehead atoms.